The molecule has 1 aromatic heterocycles. The summed E-state index contributed by atoms with van der Waals surface area (Å²) in [4.78, 5) is 22.0. The largest absolute Gasteiger partial charge is 0.349 e. The predicted molar refractivity (Wildman–Crippen MR) is 78.0 cm³/mol. The molecule has 0 radical (unpaired) electrons. The number of rotatable bonds is 4. The molecule has 1 aliphatic carbocycles. The van der Waals surface area contributed by atoms with Gasteiger partial charge in [0.15, 0.2) is 9.84 Å². The van der Waals surface area contributed by atoms with Gasteiger partial charge in [0.2, 0.25) is 5.95 Å². The lowest BCUT2D eigenvalue weighted by Gasteiger charge is -2.23. The van der Waals surface area contributed by atoms with Crippen molar-refractivity contribution in [1.29, 1.82) is 0 Å². The molecule has 1 unspecified atom stereocenters. The fourth-order valence-electron chi connectivity index (χ4n) is 2.36. The van der Waals surface area contributed by atoms with Gasteiger partial charge >= 0.3 is 0 Å². The third kappa shape index (κ3) is 3.31. The highest BCUT2D eigenvalue weighted by Gasteiger charge is 2.31. The van der Waals surface area contributed by atoms with Gasteiger partial charge in [0.05, 0.1) is 17.1 Å². The molecule has 1 aliphatic heterocycles. The first kappa shape index (κ1) is 14.2. The van der Waals surface area contributed by atoms with Crippen LogP contribution in [0.3, 0.4) is 0 Å². The normalized spacial score (nSPS) is 23.8. The van der Waals surface area contributed by atoms with Gasteiger partial charge in [-0.1, -0.05) is 0 Å². The summed E-state index contributed by atoms with van der Waals surface area (Å²) in [6.07, 6.45) is 5.62. The van der Waals surface area contributed by atoms with Gasteiger partial charge in [0, 0.05) is 31.5 Å². The van der Waals surface area contributed by atoms with E-state index < -0.39 is 9.84 Å². The van der Waals surface area contributed by atoms with Crippen LogP contribution in [-0.2, 0) is 9.84 Å². The molecule has 0 bridgehead atoms. The topological polar surface area (TPSA) is 92.3 Å². The summed E-state index contributed by atoms with van der Waals surface area (Å²) in [6, 6.07) is 0.199. The van der Waals surface area contributed by atoms with Gasteiger partial charge in [-0.05, 0) is 19.3 Å². The van der Waals surface area contributed by atoms with Gasteiger partial charge in [0.1, 0.15) is 0 Å². The number of carbonyl (C=O) groups is 1. The van der Waals surface area contributed by atoms with E-state index in [1.807, 2.05) is 0 Å². The highest BCUT2D eigenvalue weighted by Crippen LogP contribution is 2.21. The van der Waals surface area contributed by atoms with Crippen LogP contribution in [0.2, 0.25) is 0 Å². The maximum absolute atomic E-state index is 11.8. The van der Waals surface area contributed by atoms with Gasteiger partial charge in [-0.3, -0.25) is 4.79 Å². The van der Waals surface area contributed by atoms with E-state index in [2.05, 4.69) is 15.3 Å². The molecule has 3 rings (SSSR count). The zero-order valence-electron chi connectivity index (χ0n) is 11.8. The molecule has 114 valence electrons. The van der Waals surface area contributed by atoms with E-state index in [-0.39, 0.29) is 23.5 Å². The molecule has 2 aliphatic rings. The van der Waals surface area contributed by atoms with E-state index >= 15 is 0 Å². The molecular weight excluding hydrogens is 292 g/mol. The van der Waals surface area contributed by atoms with E-state index in [0.29, 0.717) is 24.0 Å². The first-order valence-electron chi connectivity index (χ1n) is 7.01. The third-order valence-corrected chi connectivity index (χ3v) is 5.63. The van der Waals surface area contributed by atoms with Crippen LogP contribution < -0.4 is 10.2 Å². The summed E-state index contributed by atoms with van der Waals surface area (Å²) < 4.78 is 23.0. The molecule has 2 fully saturated rings. The van der Waals surface area contributed by atoms with Crippen LogP contribution in [0.5, 0.6) is 0 Å². The molecule has 8 heteroatoms. The molecule has 1 atom stereocenters. The second-order valence-corrected chi connectivity index (χ2v) is 7.92. The van der Waals surface area contributed by atoms with E-state index in [1.54, 1.807) is 11.9 Å². The summed E-state index contributed by atoms with van der Waals surface area (Å²) >= 11 is 0. The van der Waals surface area contributed by atoms with Crippen LogP contribution in [0.1, 0.15) is 29.6 Å². The van der Waals surface area contributed by atoms with Gasteiger partial charge in [-0.15, -0.1) is 0 Å². The summed E-state index contributed by atoms with van der Waals surface area (Å²) in [7, 11) is -1.16. The Balaban J connectivity index is 1.67. The molecule has 2 heterocycles. The Morgan fingerprint density at radius 3 is 2.48 bits per heavy atom. The van der Waals surface area contributed by atoms with Crippen molar-refractivity contribution in [1.82, 2.24) is 15.3 Å². The Morgan fingerprint density at radius 2 is 1.95 bits per heavy atom. The first-order valence-corrected chi connectivity index (χ1v) is 8.83. The Morgan fingerprint density at radius 1 is 1.29 bits per heavy atom. The number of aromatic nitrogens is 2. The Kier molecular flexibility index (Phi) is 3.56. The quantitative estimate of drug-likeness (QED) is 0.841. The van der Waals surface area contributed by atoms with Crippen molar-refractivity contribution in [3.8, 4) is 0 Å². The van der Waals surface area contributed by atoms with Crippen molar-refractivity contribution in [2.45, 2.75) is 31.3 Å². The van der Waals surface area contributed by atoms with Crippen LogP contribution in [0.25, 0.3) is 0 Å². The lowest BCUT2D eigenvalue weighted by molar-refractivity contribution is 0.0950. The summed E-state index contributed by atoms with van der Waals surface area (Å²) in [6.45, 7) is 0. The van der Waals surface area contributed by atoms with Crippen molar-refractivity contribution in [3.63, 3.8) is 0 Å². The molecule has 1 N–H and O–H groups in total. The average molecular weight is 310 g/mol. The highest BCUT2D eigenvalue weighted by atomic mass is 32.2. The molecule has 0 spiro atoms. The van der Waals surface area contributed by atoms with Crippen molar-refractivity contribution >= 4 is 21.7 Å². The molecule has 21 heavy (non-hydrogen) atoms. The second kappa shape index (κ2) is 5.25. The highest BCUT2D eigenvalue weighted by molar-refractivity contribution is 7.91. The molecule has 0 aromatic carbocycles. The Labute approximate surface area is 123 Å². The Bertz CT molecular complexity index is 640. The number of amides is 1. The SMILES string of the molecule is CN(c1ncc(C(=O)NC2CC2)cn1)C1CCS(=O)(=O)C1. The number of carbonyl (C=O) groups excluding carboxylic acids is 1. The molecule has 1 aromatic rings. The minimum atomic E-state index is -2.94. The summed E-state index contributed by atoms with van der Waals surface area (Å²) in [5.41, 5.74) is 0.429. The van der Waals surface area contributed by atoms with Gasteiger partial charge < -0.3 is 10.2 Å². The maximum Gasteiger partial charge on any atom is 0.254 e. The fraction of sp³-hybridized carbons (Fsp3) is 0.615. The molecule has 1 saturated carbocycles. The number of sulfone groups is 1. The van der Waals surface area contributed by atoms with Crippen LogP contribution >= 0.6 is 0 Å². The zero-order chi connectivity index (χ0) is 15.0. The third-order valence-electron chi connectivity index (χ3n) is 3.88. The van der Waals surface area contributed by atoms with Crippen LogP contribution in [0.15, 0.2) is 12.4 Å². The van der Waals surface area contributed by atoms with E-state index in [1.165, 1.54) is 12.4 Å². The minimum Gasteiger partial charge on any atom is -0.349 e. The fourth-order valence-corrected chi connectivity index (χ4v) is 4.14. The zero-order valence-corrected chi connectivity index (χ0v) is 12.6. The van der Waals surface area contributed by atoms with Crippen molar-refractivity contribution in [2.24, 2.45) is 0 Å². The number of hydrogen-bond donors (Lipinski definition) is 1. The molecular formula is C13H18N4O3S. The van der Waals surface area contributed by atoms with E-state index in [4.69, 9.17) is 0 Å². The number of anilines is 1. The number of nitrogens with one attached hydrogen (secondary N) is 1. The lowest BCUT2D eigenvalue weighted by atomic mass is 10.2. The standard InChI is InChI=1S/C13H18N4O3S/c1-17(11-4-5-21(19,20)8-11)13-14-6-9(7-15-13)12(18)16-10-2-3-10/h6-7,10-11H,2-5,8H2,1H3,(H,16,18). The lowest BCUT2D eigenvalue weighted by Crippen LogP contribution is -2.34. The maximum atomic E-state index is 11.8. The van der Waals surface area contributed by atoms with Gasteiger partial charge in [-0.2, -0.15) is 0 Å². The smallest absolute Gasteiger partial charge is 0.254 e. The Hall–Kier alpha value is -1.70. The van der Waals surface area contributed by atoms with Crippen molar-refractivity contribution in [3.05, 3.63) is 18.0 Å². The van der Waals surface area contributed by atoms with Crippen LogP contribution in [0.4, 0.5) is 5.95 Å². The van der Waals surface area contributed by atoms with E-state index in [9.17, 15) is 13.2 Å². The molecule has 1 amide bonds. The van der Waals surface area contributed by atoms with Crippen LogP contribution in [0, 0.1) is 0 Å². The van der Waals surface area contributed by atoms with Gasteiger partial charge in [-0.25, -0.2) is 18.4 Å². The number of hydrogen-bond acceptors (Lipinski definition) is 6. The number of nitrogens with zero attached hydrogens (tertiary/aromatic N) is 3. The van der Waals surface area contributed by atoms with E-state index in [0.717, 1.165) is 12.8 Å². The minimum absolute atomic E-state index is 0.0962. The average Bonchev–Trinajstić information content (AvgIpc) is 3.19. The first-order chi connectivity index (χ1) is 9.94. The molecule has 7 nitrogen and oxygen atoms in total. The summed E-state index contributed by atoms with van der Waals surface area (Å²) in [5, 5.41) is 2.87. The summed E-state index contributed by atoms with van der Waals surface area (Å²) in [5.74, 6) is 0.635. The molecule has 1 saturated heterocycles. The van der Waals surface area contributed by atoms with Gasteiger partial charge in [0.25, 0.3) is 5.91 Å². The van der Waals surface area contributed by atoms with Crippen LogP contribution in [-0.4, -0.2) is 54.9 Å². The van der Waals surface area contributed by atoms with Crippen molar-refractivity contribution < 1.29 is 13.2 Å². The van der Waals surface area contributed by atoms with Crippen molar-refractivity contribution in [2.75, 3.05) is 23.5 Å². The predicted octanol–water partition coefficient (Wildman–Crippen LogP) is -0.00790. The second-order valence-electron chi connectivity index (χ2n) is 5.69. The monoisotopic (exact) mass is 310 g/mol.